The second-order valence-electron chi connectivity index (χ2n) is 22.8. The lowest BCUT2D eigenvalue weighted by atomic mass is 9.94. The van der Waals surface area contributed by atoms with Crippen LogP contribution in [0.2, 0.25) is 0 Å². The number of aliphatic hydroxyl groups is 8. The number of aliphatic carboxylic acids is 2. The SMILES string of the molecule is CC(=O)N[C@H]1[C@H](OCC(O)C(O)C(O)C(O)CNc2cccc(NC(=O)CCCCC3CCSS3)c2)O[C@H](COS(=O)(=O)O)[C@H](OS(=O)(=O)O)[C@@H]1O[C@@H]1O[C@H](C(=O)O)[C@@H](O[C@@H]2O[C@H](COS(=O)(=O)O)[C@H](O)[C@H](O[C@@H]3O[C@H](C(=O)O)[C@@H](O)[C@H](O)[C@H]3OS(=O)(=O)O)[C@H]2NC(C)=O)[C@H](O)[C@H]1OS(=O)(=O)O. The number of aliphatic hydroxyl groups excluding tert-OH is 8. The Kier molecular flexibility index (Phi) is 31.5. The molecule has 0 bridgehead atoms. The molecule has 586 valence electrons. The molecule has 102 heavy (non-hydrogen) atoms. The number of amides is 3. The summed E-state index contributed by atoms with van der Waals surface area (Å²) in [5.41, 5.74) is 0.609. The molecule has 5 aliphatic rings. The van der Waals surface area contributed by atoms with Gasteiger partial charge in [0.15, 0.2) is 49.6 Å². The van der Waals surface area contributed by atoms with Crippen molar-refractivity contribution in [3.8, 4) is 0 Å². The fourth-order valence-corrected chi connectivity index (χ4v) is 15.8. The predicted octanol–water partition coefficient (Wildman–Crippen LogP) is -7.91. The molecule has 0 radical (unpaired) electrons. The highest BCUT2D eigenvalue weighted by Crippen LogP contribution is 2.41. The molecule has 5 aliphatic heterocycles. The molecule has 1 aromatic carbocycles. The highest BCUT2D eigenvalue weighted by atomic mass is 33.1. The quantitative estimate of drug-likeness (QED) is 0.0167. The summed E-state index contributed by atoms with van der Waals surface area (Å²) < 4.78 is 237. The van der Waals surface area contributed by atoms with E-state index < -0.39 is 249 Å². The zero-order valence-electron chi connectivity index (χ0n) is 52.3. The van der Waals surface area contributed by atoms with Gasteiger partial charge in [-0.05, 0) is 37.5 Å². The first-order valence-electron chi connectivity index (χ1n) is 29.5. The lowest BCUT2D eigenvalue weighted by molar-refractivity contribution is -0.366. The van der Waals surface area contributed by atoms with E-state index in [-0.39, 0.29) is 18.0 Å². The Bertz CT molecular complexity index is 3600. The minimum atomic E-state index is -6.18. The third-order valence-electron chi connectivity index (χ3n) is 15.1. The van der Waals surface area contributed by atoms with E-state index in [0.717, 1.165) is 25.0 Å². The van der Waals surface area contributed by atoms with Gasteiger partial charge in [-0.15, -0.1) is 0 Å². The maximum Gasteiger partial charge on any atom is 0.397 e. The Labute approximate surface area is 586 Å². The molecule has 5 fully saturated rings. The molecule has 19 N–H and O–H groups in total. The van der Waals surface area contributed by atoms with E-state index in [9.17, 15) is 140 Å². The Morgan fingerprint density at radius 1 is 0.559 bits per heavy atom. The van der Waals surface area contributed by atoms with Crippen molar-refractivity contribution in [2.75, 3.05) is 42.8 Å². The van der Waals surface area contributed by atoms with Gasteiger partial charge in [-0.3, -0.25) is 37.1 Å². The van der Waals surface area contributed by atoms with Crippen LogP contribution in [-0.4, -0.2) is 330 Å². The monoisotopic (exact) mass is 1620 g/mol. The average molecular weight is 1620 g/mol. The van der Waals surface area contributed by atoms with Gasteiger partial charge >= 0.3 is 63.9 Å². The molecule has 0 aliphatic carbocycles. The smallest absolute Gasteiger partial charge is 0.397 e. The van der Waals surface area contributed by atoms with Gasteiger partial charge in [-0.1, -0.05) is 34.1 Å². The van der Waals surface area contributed by atoms with Gasteiger partial charge in [0.25, 0.3) is 0 Å². The number of rotatable bonds is 37. The lowest BCUT2D eigenvalue weighted by Gasteiger charge is -2.50. The second-order valence-corrected chi connectivity index (χ2v) is 30.9. The highest BCUT2D eigenvalue weighted by Gasteiger charge is 2.60. The van der Waals surface area contributed by atoms with Crippen LogP contribution in [0, 0.1) is 0 Å². The number of hydrogen-bond acceptors (Lipinski definition) is 39. The number of nitrogens with one attached hydrogen (secondary N) is 4. The zero-order chi connectivity index (χ0) is 76.3. The molecular formula is C48H74N4O43S7. The van der Waals surface area contributed by atoms with Crippen molar-refractivity contribution >= 4 is 115 Å². The molecule has 1 aromatic rings. The van der Waals surface area contributed by atoms with Crippen LogP contribution < -0.4 is 21.3 Å². The van der Waals surface area contributed by atoms with Gasteiger partial charge in [-0.25, -0.2) is 30.5 Å². The normalized spacial score (nSPS) is 33.2. The number of carbonyl (C=O) groups excluding carboxylic acids is 3. The standard InChI is InChI=1S/C48H74N4O43S7/c1-17(53)50-27-36(88-47-40(94-101(77,78)79)33(62)32(61)39(91-47)43(64)65)31(60)24(15-84-98(68,69)70)86-46(27)90-38-34(63)41(95-102(80,81)82)48(92-42(38)44(66)67)89-37-28(51-18(2)54)45(87-25(16-85-99(71,72)73)35(37)93-100(74,75)76)83-14-23(56)30(59)29(58)22(55)13-49-19-6-5-7-20(12-19)52-26(57)9-4-3-8-21-10-11-96-97-21/h5-7,12,21-25,27-42,45-49,55-56,58-63H,3-4,8-11,13-16H2,1-2H3,(H,50,53)(H,51,54)(H,52,57)(H,64,65)(H,66,67)(H,68,69,70)(H,71,72,73)(H,74,75,76)(H,77,78,79)(H,80,81,82)/t21?,22?,23?,24-,25-,27-,28-,29?,30?,31+,32+,33+,34+,35+,36-,37-,38+,39+,40-,41-,42+,45-,46+,47-,48-/m1/s1. The van der Waals surface area contributed by atoms with E-state index in [0.29, 0.717) is 31.2 Å². The Morgan fingerprint density at radius 2 is 1.06 bits per heavy atom. The summed E-state index contributed by atoms with van der Waals surface area (Å²) in [6.45, 7) is -3.96. The molecule has 5 saturated heterocycles. The van der Waals surface area contributed by atoms with Gasteiger partial charge in [-0.2, -0.15) is 42.1 Å². The van der Waals surface area contributed by atoms with Crippen LogP contribution in [0.5, 0.6) is 0 Å². The minimum absolute atomic E-state index is 0.229. The van der Waals surface area contributed by atoms with Crippen molar-refractivity contribution in [3.63, 3.8) is 0 Å². The number of carbonyl (C=O) groups is 5. The molecule has 47 nitrogen and oxygen atoms in total. The second kappa shape index (κ2) is 37.1. The first-order valence-corrected chi connectivity index (χ1v) is 38.7. The fourth-order valence-electron chi connectivity index (χ4n) is 10.6. The first kappa shape index (κ1) is 86.7. The summed E-state index contributed by atoms with van der Waals surface area (Å²) in [5.74, 6) is -6.34. The number of unbranched alkanes of at least 4 members (excludes halogenated alkanes) is 1. The topological polar surface area (TPSA) is 728 Å². The maximum absolute atomic E-state index is 13.3. The number of carboxylic acids is 2. The number of carboxylic acid groups (broad SMARTS) is 2. The van der Waals surface area contributed by atoms with Gasteiger partial charge < -0.3 is 110 Å². The van der Waals surface area contributed by atoms with Crippen LogP contribution in [0.1, 0.15) is 46.0 Å². The molecule has 54 heteroatoms. The minimum Gasteiger partial charge on any atom is -0.479 e. The molecule has 6 rings (SSSR count). The molecule has 5 unspecified atom stereocenters. The van der Waals surface area contributed by atoms with E-state index in [1.165, 1.54) is 18.2 Å². The predicted molar refractivity (Wildman–Crippen MR) is 328 cm³/mol. The first-order chi connectivity index (χ1) is 47.2. The van der Waals surface area contributed by atoms with Crippen LogP contribution in [0.4, 0.5) is 11.4 Å². The van der Waals surface area contributed by atoms with Crippen molar-refractivity contribution in [2.24, 2.45) is 0 Å². The number of anilines is 2. The van der Waals surface area contributed by atoms with Crippen molar-refractivity contribution < 1.29 is 199 Å². The number of ether oxygens (including phenoxy) is 8. The molecule has 25 atom stereocenters. The fraction of sp³-hybridized carbons (Fsp3) is 0.771. The van der Waals surface area contributed by atoms with Gasteiger partial charge in [0.05, 0.1) is 25.9 Å². The molecule has 5 heterocycles. The summed E-state index contributed by atoms with van der Waals surface area (Å²) in [4.78, 5) is 64.1. The van der Waals surface area contributed by atoms with Gasteiger partial charge in [0, 0.05) is 49.2 Å². The molecule has 0 aromatic heterocycles. The van der Waals surface area contributed by atoms with Gasteiger partial charge in [0.2, 0.25) is 17.7 Å². The van der Waals surface area contributed by atoms with Crippen LogP contribution in [0.3, 0.4) is 0 Å². The number of hydrogen-bond donors (Lipinski definition) is 19. The van der Waals surface area contributed by atoms with Crippen LogP contribution in [0.25, 0.3) is 0 Å². The maximum atomic E-state index is 13.3. The summed E-state index contributed by atoms with van der Waals surface area (Å²) in [6, 6.07) is 1.13. The van der Waals surface area contributed by atoms with Crippen molar-refractivity contribution in [2.45, 2.75) is 198 Å². The third-order valence-corrected chi connectivity index (χ3v) is 20.4. The van der Waals surface area contributed by atoms with E-state index in [2.05, 4.69) is 27.4 Å². The average Bonchev–Trinajstić information content (AvgIpc) is 0.826. The largest absolute Gasteiger partial charge is 0.479 e. The van der Waals surface area contributed by atoms with Crippen molar-refractivity contribution in [1.29, 1.82) is 0 Å². The Morgan fingerprint density at radius 3 is 1.60 bits per heavy atom. The van der Waals surface area contributed by atoms with E-state index >= 15 is 0 Å². The van der Waals surface area contributed by atoms with Crippen LogP contribution >= 0.6 is 21.6 Å². The molecular weight excluding hydrogens is 1540 g/mol. The van der Waals surface area contributed by atoms with Crippen LogP contribution in [0.15, 0.2) is 24.3 Å². The van der Waals surface area contributed by atoms with Crippen molar-refractivity contribution in [1.82, 2.24) is 10.6 Å². The number of benzene rings is 1. The zero-order valence-corrected chi connectivity index (χ0v) is 58.0. The lowest BCUT2D eigenvalue weighted by Crippen LogP contribution is -2.71. The molecule has 0 saturated carbocycles. The van der Waals surface area contributed by atoms with E-state index in [1.807, 2.05) is 21.4 Å². The Hall–Kier alpha value is -4.22. The van der Waals surface area contributed by atoms with Crippen molar-refractivity contribution in [3.05, 3.63) is 24.3 Å². The Balaban J connectivity index is 1.31. The molecule has 3 amide bonds. The van der Waals surface area contributed by atoms with E-state index in [1.54, 1.807) is 16.9 Å². The summed E-state index contributed by atoms with van der Waals surface area (Å²) in [7, 11) is -25.7. The van der Waals surface area contributed by atoms with Gasteiger partial charge in [0.1, 0.15) is 91.4 Å². The highest BCUT2D eigenvalue weighted by molar-refractivity contribution is 8.77. The third kappa shape index (κ3) is 26.3. The van der Waals surface area contributed by atoms with Crippen LogP contribution in [-0.2, 0) is 135 Å². The van der Waals surface area contributed by atoms with E-state index in [4.69, 9.17) is 42.1 Å². The molecule has 0 spiro atoms. The summed E-state index contributed by atoms with van der Waals surface area (Å²) in [6.07, 6.45) is -56.1. The summed E-state index contributed by atoms with van der Waals surface area (Å²) in [5, 5.41) is 120. The summed E-state index contributed by atoms with van der Waals surface area (Å²) >= 11 is 0.